The Kier molecular flexibility index (Phi) is 8.22. The van der Waals surface area contributed by atoms with Gasteiger partial charge in [-0.25, -0.2) is 0 Å². The predicted octanol–water partition coefficient (Wildman–Crippen LogP) is 0.531. The standard InChI is InChI=1S/C19H15O3.K.H2O/c1-13(20)11-16(14-7-3-2-4-8-14)17-12-15-9-5-6-10-18(15)22-19(17)21;;/h2-10,16H,11H2,1H3;;1H2/q-1;+1;/p-1. The first-order valence-corrected chi connectivity index (χ1v) is 7.14. The molecule has 0 saturated heterocycles. The number of carbonyl (C=O) groups is 1. The zero-order valence-electron chi connectivity index (χ0n) is 13.7. The first-order valence-electron chi connectivity index (χ1n) is 7.14. The molecule has 0 spiro atoms. The summed E-state index contributed by atoms with van der Waals surface area (Å²) >= 11 is 0. The molecule has 0 bridgehead atoms. The molecule has 5 heteroatoms. The number of benzene rings is 2. The van der Waals surface area contributed by atoms with Crippen molar-refractivity contribution < 1.29 is 66.1 Å². The van der Waals surface area contributed by atoms with Gasteiger partial charge in [-0.05, 0) is 18.1 Å². The van der Waals surface area contributed by atoms with Gasteiger partial charge < -0.3 is 14.7 Å². The fraction of sp³-hybridized carbons (Fsp3) is 0.158. The van der Waals surface area contributed by atoms with E-state index < -0.39 is 5.63 Å². The molecule has 24 heavy (non-hydrogen) atoms. The second-order valence-corrected chi connectivity index (χ2v) is 5.29. The van der Waals surface area contributed by atoms with Crippen molar-refractivity contribution in [2.24, 2.45) is 0 Å². The largest absolute Gasteiger partial charge is 1.00 e. The second kappa shape index (κ2) is 9.41. The minimum atomic E-state index is -0.436. The predicted molar refractivity (Wildman–Crippen MR) is 86.8 cm³/mol. The Bertz CT molecular complexity index is 871. The average Bonchev–Trinajstić information content (AvgIpc) is 2.53. The van der Waals surface area contributed by atoms with E-state index in [1.165, 1.54) is 6.92 Å². The van der Waals surface area contributed by atoms with Gasteiger partial charge in [0, 0.05) is 17.9 Å². The Morgan fingerprint density at radius 2 is 1.71 bits per heavy atom. The molecule has 1 aromatic heterocycles. The summed E-state index contributed by atoms with van der Waals surface area (Å²) in [5.74, 6) is -0.311. The fourth-order valence-corrected chi connectivity index (χ4v) is 2.60. The van der Waals surface area contributed by atoms with Gasteiger partial charge in [-0.15, -0.1) is 23.6 Å². The van der Waals surface area contributed by atoms with Gasteiger partial charge in [0.15, 0.2) is 0 Å². The summed E-state index contributed by atoms with van der Waals surface area (Å²) in [5, 5.41) is 0.738. The van der Waals surface area contributed by atoms with Crippen LogP contribution in [0.2, 0.25) is 0 Å². The van der Waals surface area contributed by atoms with Gasteiger partial charge in [0.25, 0.3) is 5.63 Å². The SMILES string of the molecule is CC(=O)CC(c1ccccc1)c1[c-]c2ccccc2oc1=O.[K+].[OH-]. The summed E-state index contributed by atoms with van der Waals surface area (Å²) in [6, 6.07) is 19.9. The van der Waals surface area contributed by atoms with Crippen LogP contribution in [0.25, 0.3) is 11.0 Å². The molecule has 3 aromatic rings. The summed E-state index contributed by atoms with van der Waals surface area (Å²) in [7, 11) is 0. The summed E-state index contributed by atoms with van der Waals surface area (Å²) in [6.07, 6.45) is 0.254. The van der Waals surface area contributed by atoms with Crippen molar-refractivity contribution in [2.45, 2.75) is 19.3 Å². The molecule has 1 unspecified atom stereocenters. The third-order valence-electron chi connectivity index (χ3n) is 3.62. The van der Waals surface area contributed by atoms with Crippen LogP contribution in [0.1, 0.15) is 30.4 Å². The van der Waals surface area contributed by atoms with Crippen molar-refractivity contribution in [3.05, 3.63) is 82.2 Å². The van der Waals surface area contributed by atoms with Crippen LogP contribution in [0.3, 0.4) is 0 Å². The first kappa shape index (κ1) is 21.0. The third-order valence-corrected chi connectivity index (χ3v) is 3.62. The molecule has 0 aliphatic rings. The van der Waals surface area contributed by atoms with Gasteiger partial charge in [0.1, 0.15) is 5.78 Å². The van der Waals surface area contributed by atoms with E-state index in [2.05, 4.69) is 6.07 Å². The van der Waals surface area contributed by atoms with E-state index >= 15 is 0 Å². The van der Waals surface area contributed by atoms with Crippen LogP contribution in [-0.2, 0) is 4.79 Å². The van der Waals surface area contributed by atoms with Gasteiger partial charge >= 0.3 is 51.4 Å². The average molecular weight is 347 g/mol. The van der Waals surface area contributed by atoms with Crippen LogP contribution in [0.4, 0.5) is 0 Å². The Hall–Kier alpha value is -1.08. The Morgan fingerprint density at radius 3 is 2.38 bits per heavy atom. The summed E-state index contributed by atoms with van der Waals surface area (Å²) in [6.45, 7) is 1.53. The van der Waals surface area contributed by atoms with Crippen LogP contribution >= 0.6 is 0 Å². The second-order valence-electron chi connectivity index (χ2n) is 5.29. The van der Waals surface area contributed by atoms with Gasteiger partial charge in [-0.3, -0.25) is 4.79 Å². The maximum absolute atomic E-state index is 12.3. The topological polar surface area (TPSA) is 77.3 Å². The molecular formula is C19H16KO4-. The Morgan fingerprint density at radius 1 is 1.08 bits per heavy atom. The third kappa shape index (κ3) is 4.72. The molecule has 4 nitrogen and oxygen atoms in total. The number of fused-ring (bicyclic) bond motifs is 1. The number of carbonyl (C=O) groups excluding carboxylic acids is 1. The van der Waals surface area contributed by atoms with Gasteiger partial charge in [-0.2, -0.15) is 0 Å². The molecule has 0 aliphatic heterocycles. The maximum atomic E-state index is 12.3. The molecule has 3 rings (SSSR count). The monoisotopic (exact) mass is 347 g/mol. The van der Waals surface area contributed by atoms with Crippen LogP contribution < -0.4 is 57.0 Å². The Balaban J connectivity index is 0.00000144. The zero-order valence-corrected chi connectivity index (χ0v) is 16.8. The van der Waals surface area contributed by atoms with Crippen molar-refractivity contribution in [1.82, 2.24) is 0 Å². The molecule has 1 atom stereocenters. The van der Waals surface area contributed by atoms with E-state index in [0.29, 0.717) is 11.1 Å². The molecule has 1 heterocycles. The number of Topliss-reactive ketones (excluding diaryl/α,β-unsaturated/α-hetero) is 1. The van der Waals surface area contributed by atoms with E-state index in [4.69, 9.17) is 4.42 Å². The summed E-state index contributed by atoms with van der Waals surface area (Å²) in [4.78, 5) is 23.9. The van der Waals surface area contributed by atoms with E-state index in [1.54, 1.807) is 6.07 Å². The van der Waals surface area contributed by atoms with Gasteiger partial charge in [0.2, 0.25) is 0 Å². The molecule has 0 saturated carbocycles. The van der Waals surface area contributed by atoms with E-state index in [9.17, 15) is 9.59 Å². The van der Waals surface area contributed by atoms with Gasteiger partial charge in [0.05, 0.1) is 0 Å². The summed E-state index contributed by atoms with van der Waals surface area (Å²) in [5.41, 5.74) is 1.39. The van der Waals surface area contributed by atoms with E-state index in [-0.39, 0.29) is 75.0 Å². The fourth-order valence-electron chi connectivity index (χ4n) is 2.60. The molecule has 2 aromatic carbocycles. The smallest absolute Gasteiger partial charge is 0.870 e. The van der Waals surface area contributed by atoms with Crippen molar-refractivity contribution in [3.63, 3.8) is 0 Å². The molecule has 0 fully saturated rings. The van der Waals surface area contributed by atoms with Crippen molar-refractivity contribution in [3.8, 4) is 0 Å². The number of hydrogen-bond acceptors (Lipinski definition) is 4. The van der Waals surface area contributed by atoms with Crippen LogP contribution in [0.15, 0.2) is 63.8 Å². The molecular weight excluding hydrogens is 331 g/mol. The number of para-hydroxylation sites is 1. The van der Waals surface area contributed by atoms with Crippen LogP contribution in [-0.4, -0.2) is 11.3 Å². The molecule has 0 radical (unpaired) electrons. The van der Waals surface area contributed by atoms with Crippen LogP contribution in [0, 0.1) is 6.07 Å². The quantitative estimate of drug-likeness (QED) is 0.392. The minimum Gasteiger partial charge on any atom is -0.870 e. The number of hydrogen-bond donors (Lipinski definition) is 0. The van der Waals surface area contributed by atoms with Crippen molar-refractivity contribution in [1.29, 1.82) is 0 Å². The van der Waals surface area contributed by atoms with Crippen molar-refractivity contribution in [2.75, 3.05) is 0 Å². The molecule has 1 N–H and O–H groups in total. The van der Waals surface area contributed by atoms with Crippen molar-refractivity contribution >= 4 is 16.8 Å². The first-order chi connectivity index (χ1) is 10.6. The number of rotatable bonds is 4. The number of ketones is 1. The summed E-state index contributed by atoms with van der Waals surface area (Å²) < 4.78 is 5.38. The van der Waals surface area contributed by atoms with E-state index in [1.807, 2.05) is 48.5 Å². The normalized spacial score (nSPS) is 11.2. The Labute approximate surface area is 182 Å². The molecule has 0 aliphatic carbocycles. The molecule has 0 amide bonds. The maximum Gasteiger partial charge on any atom is 1.00 e. The van der Waals surface area contributed by atoms with Crippen LogP contribution in [0.5, 0.6) is 0 Å². The zero-order chi connectivity index (χ0) is 15.5. The molecule has 118 valence electrons. The van der Waals surface area contributed by atoms with Gasteiger partial charge in [-0.1, -0.05) is 42.5 Å². The van der Waals surface area contributed by atoms with E-state index in [0.717, 1.165) is 10.9 Å². The minimum absolute atomic E-state index is 0.